The second kappa shape index (κ2) is 6.02. The number of alkyl halides is 3. The van der Waals surface area contributed by atoms with Gasteiger partial charge in [-0.25, -0.2) is 0 Å². The third kappa shape index (κ3) is 4.12. The van der Waals surface area contributed by atoms with Gasteiger partial charge in [0.1, 0.15) is 6.04 Å². The van der Waals surface area contributed by atoms with E-state index in [-0.39, 0.29) is 19.0 Å². The number of nitrogens with two attached hydrogens (primary N) is 1. The van der Waals surface area contributed by atoms with E-state index in [0.717, 1.165) is 19.4 Å². The smallest absolute Gasteiger partial charge is 0.330 e. The third-order valence-electron chi connectivity index (χ3n) is 3.52. The van der Waals surface area contributed by atoms with Crippen LogP contribution >= 0.6 is 0 Å². The van der Waals surface area contributed by atoms with Gasteiger partial charge in [0.15, 0.2) is 0 Å². The lowest BCUT2D eigenvalue weighted by atomic mass is 10.1. The molecule has 1 aliphatic rings. The van der Waals surface area contributed by atoms with Crippen molar-refractivity contribution in [2.24, 2.45) is 5.73 Å². The van der Waals surface area contributed by atoms with Crippen LogP contribution in [-0.4, -0.2) is 61.8 Å². The summed E-state index contributed by atoms with van der Waals surface area (Å²) >= 11 is 0. The summed E-state index contributed by atoms with van der Waals surface area (Å²) in [5.41, 5.74) is 5.26. The van der Waals surface area contributed by atoms with Gasteiger partial charge in [-0.2, -0.15) is 13.2 Å². The van der Waals surface area contributed by atoms with Gasteiger partial charge in [0.05, 0.1) is 0 Å². The number of nitrogens with zero attached hydrogens (tertiary/aromatic N) is 2. The summed E-state index contributed by atoms with van der Waals surface area (Å²) in [6.07, 6.45) is -2.17. The van der Waals surface area contributed by atoms with Crippen molar-refractivity contribution in [1.29, 1.82) is 0 Å². The van der Waals surface area contributed by atoms with Crippen LogP contribution in [-0.2, 0) is 0 Å². The van der Waals surface area contributed by atoms with Crippen LogP contribution in [0.4, 0.5) is 13.2 Å². The van der Waals surface area contributed by atoms with Crippen molar-refractivity contribution in [3.63, 3.8) is 0 Å². The number of hydrogen-bond donors (Lipinski definition) is 1. The minimum absolute atomic E-state index is 0.0313. The second-order valence-electron chi connectivity index (χ2n) is 4.85. The predicted octanol–water partition coefficient (Wildman–Crippen LogP) is 1.29. The largest absolute Gasteiger partial charge is 0.404 e. The average molecular weight is 253 g/mol. The molecule has 1 aliphatic heterocycles. The molecule has 0 aliphatic carbocycles. The first-order valence-electron chi connectivity index (χ1n) is 6.03. The average Bonchev–Trinajstić information content (AvgIpc) is 2.59. The van der Waals surface area contributed by atoms with E-state index in [2.05, 4.69) is 4.90 Å². The highest BCUT2D eigenvalue weighted by Crippen LogP contribution is 2.27. The van der Waals surface area contributed by atoms with Gasteiger partial charge in [0.25, 0.3) is 0 Å². The van der Waals surface area contributed by atoms with Gasteiger partial charge in [-0.15, -0.1) is 0 Å². The van der Waals surface area contributed by atoms with Crippen molar-refractivity contribution in [2.75, 3.05) is 33.7 Å². The Bertz CT molecular complexity index is 232. The first kappa shape index (κ1) is 14.7. The van der Waals surface area contributed by atoms with E-state index < -0.39 is 12.2 Å². The lowest BCUT2D eigenvalue weighted by molar-refractivity contribution is -0.182. The van der Waals surface area contributed by atoms with Crippen LogP contribution in [0.15, 0.2) is 0 Å². The van der Waals surface area contributed by atoms with E-state index in [1.54, 1.807) is 7.05 Å². The first-order valence-corrected chi connectivity index (χ1v) is 6.03. The Morgan fingerprint density at radius 3 is 2.53 bits per heavy atom. The zero-order valence-electron chi connectivity index (χ0n) is 10.5. The van der Waals surface area contributed by atoms with Gasteiger partial charge in [-0.05, 0) is 46.4 Å². The Kier molecular flexibility index (Phi) is 5.22. The molecule has 0 amide bonds. The highest BCUT2D eigenvalue weighted by atomic mass is 19.4. The number of hydrogen-bond acceptors (Lipinski definition) is 3. The summed E-state index contributed by atoms with van der Waals surface area (Å²) < 4.78 is 38.5. The number of likely N-dealkylation sites (N-methyl/N-ethyl adjacent to an activating group) is 2. The number of halogens is 3. The Labute approximate surface area is 101 Å². The normalized spacial score (nSPS) is 24.5. The summed E-state index contributed by atoms with van der Waals surface area (Å²) in [6, 6.07) is -1.18. The molecule has 1 saturated heterocycles. The molecule has 0 aromatic heterocycles. The summed E-state index contributed by atoms with van der Waals surface area (Å²) in [4.78, 5) is 3.53. The van der Waals surface area contributed by atoms with Gasteiger partial charge in [0, 0.05) is 12.6 Å². The minimum atomic E-state index is -4.19. The van der Waals surface area contributed by atoms with Crippen LogP contribution in [0, 0.1) is 0 Å². The third-order valence-corrected chi connectivity index (χ3v) is 3.52. The Morgan fingerprint density at radius 1 is 1.47 bits per heavy atom. The maximum Gasteiger partial charge on any atom is 0.404 e. The van der Waals surface area contributed by atoms with Crippen LogP contribution in [0.25, 0.3) is 0 Å². The first-order chi connectivity index (χ1) is 7.86. The van der Waals surface area contributed by atoms with E-state index in [1.165, 1.54) is 4.90 Å². The molecule has 2 atom stereocenters. The molecule has 2 N–H and O–H groups in total. The molecule has 2 unspecified atom stereocenters. The molecule has 102 valence electrons. The van der Waals surface area contributed by atoms with Gasteiger partial charge < -0.3 is 10.6 Å². The van der Waals surface area contributed by atoms with Crippen LogP contribution in [0.1, 0.15) is 19.3 Å². The zero-order valence-corrected chi connectivity index (χ0v) is 10.5. The summed E-state index contributed by atoms with van der Waals surface area (Å²) in [5, 5.41) is 0. The summed E-state index contributed by atoms with van der Waals surface area (Å²) in [7, 11) is 3.51. The fourth-order valence-corrected chi connectivity index (χ4v) is 2.46. The molecule has 0 aromatic rings. The maximum absolute atomic E-state index is 12.8. The fourth-order valence-electron chi connectivity index (χ4n) is 2.46. The van der Waals surface area contributed by atoms with Crippen LogP contribution in [0.5, 0.6) is 0 Å². The standard InChI is InChI=1S/C11H22F3N3/c1-16-7-3-4-9(16)8-17(2)10(5-6-15)11(12,13)14/h9-10H,3-8,15H2,1-2H3. The molecule has 1 rings (SSSR count). The Hall–Kier alpha value is -0.330. The molecule has 6 heteroatoms. The van der Waals surface area contributed by atoms with Gasteiger partial charge in [-0.1, -0.05) is 0 Å². The molecule has 0 saturated carbocycles. The number of likely N-dealkylation sites (tertiary alicyclic amines) is 1. The molecular formula is C11H22F3N3. The van der Waals surface area contributed by atoms with Crippen molar-refractivity contribution in [3.05, 3.63) is 0 Å². The molecule has 0 radical (unpaired) electrons. The van der Waals surface area contributed by atoms with Gasteiger partial charge in [0.2, 0.25) is 0 Å². The fraction of sp³-hybridized carbons (Fsp3) is 1.00. The van der Waals surface area contributed by atoms with Crippen molar-refractivity contribution >= 4 is 0 Å². The monoisotopic (exact) mass is 253 g/mol. The van der Waals surface area contributed by atoms with Gasteiger partial charge in [-0.3, -0.25) is 4.90 Å². The highest BCUT2D eigenvalue weighted by molar-refractivity contribution is 4.84. The summed E-state index contributed by atoms with van der Waals surface area (Å²) in [6.45, 7) is 1.50. The summed E-state index contributed by atoms with van der Waals surface area (Å²) in [5.74, 6) is 0. The van der Waals surface area contributed by atoms with Crippen molar-refractivity contribution in [3.8, 4) is 0 Å². The molecule has 1 heterocycles. The molecule has 3 nitrogen and oxygen atoms in total. The molecular weight excluding hydrogens is 231 g/mol. The minimum Gasteiger partial charge on any atom is -0.330 e. The predicted molar refractivity (Wildman–Crippen MR) is 61.8 cm³/mol. The highest BCUT2D eigenvalue weighted by Gasteiger charge is 2.42. The topological polar surface area (TPSA) is 32.5 Å². The molecule has 1 fully saturated rings. The van der Waals surface area contributed by atoms with Crippen LogP contribution < -0.4 is 5.73 Å². The van der Waals surface area contributed by atoms with Crippen molar-refractivity contribution in [1.82, 2.24) is 9.80 Å². The molecule has 0 bridgehead atoms. The van der Waals surface area contributed by atoms with E-state index in [0.29, 0.717) is 6.54 Å². The van der Waals surface area contributed by atoms with E-state index in [1.807, 2.05) is 7.05 Å². The lowest BCUT2D eigenvalue weighted by Crippen LogP contribution is -2.49. The van der Waals surface area contributed by atoms with Crippen molar-refractivity contribution < 1.29 is 13.2 Å². The van der Waals surface area contributed by atoms with Crippen LogP contribution in [0.2, 0.25) is 0 Å². The Morgan fingerprint density at radius 2 is 2.12 bits per heavy atom. The van der Waals surface area contributed by atoms with Crippen molar-refractivity contribution in [2.45, 2.75) is 37.5 Å². The van der Waals surface area contributed by atoms with E-state index in [9.17, 15) is 13.2 Å². The quantitative estimate of drug-likeness (QED) is 0.801. The zero-order chi connectivity index (χ0) is 13.1. The van der Waals surface area contributed by atoms with E-state index >= 15 is 0 Å². The maximum atomic E-state index is 12.8. The SMILES string of the molecule is CN1CCCC1CN(C)C(CCN)C(F)(F)F. The van der Waals surface area contributed by atoms with Gasteiger partial charge >= 0.3 is 6.18 Å². The molecule has 0 spiro atoms. The van der Waals surface area contributed by atoms with Crippen LogP contribution in [0.3, 0.4) is 0 Å². The molecule has 0 aromatic carbocycles. The molecule has 17 heavy (non-hydrogen) atoms. The lowest BCUT2D eigenvalue weighted by Gasteiger charge is -2.33. The number of rotatable bonds is 5. The second-order valence-corrected chi connectivity index (χ2v) is 4.85. The Balaban J connectivity index is 2.55. The van der Waals surface area contributed by atoms with E-state index in [4.69, 9.17) is 5.73 Å².